The van der Waals surface area contributed by atoms with Gasteiger partial charge in [-0.15, -0.1) is 0 Å². The Hall–Kier alpha value is -1.80. The van der Waals surface area contributed by atoms with Crippen molar-refractivity contribution in [1.82, 2.24) is 4.90 Å². The van der Waals surface area contributed by atoms with Crippen LogP contribution in [0, 0.1) is 5.92 Å². The molecule has 4 rings (SSSR count). The largest absolute Gasteiger partial charge is 0.496 e. The lowest BCUT2D eigenvalue weighted by Gasteiger charge is -2.28. The second-order valence-electron chi connectivity index (χ2n) is 6.97. The Balaban J connectivity index is 1.60. The van der Waals surface area contributed by atoms with Crippen molar-refractivity contribution in [2.45, 2.75) is 31.7 Å². The van der Waals surface area contributed by atoms with Crippen LogP contribution in [0.15, 0.2) is 48.5 Å². The maximum absolute atomic E-state index is 5.59. The van der Waals surface area contributed by atoms with Crippen LogP contribution in [-0.2, 0) is 6.42 Å². The van der Waals surface area contributed by atoms with Gasteiger partial charge in [0.05, 0.1) is 7.11 Å². The van der Waals surface area contributed by atoms with E-state index in [9.17, 15) is 0 Å². The van der Waals surface area contributed by atoms with Crippen LogP contribution in [0.1, 0.15) is 42.0 Å². The van der Waals surface area contributed by atoms with E-state index in [0.717, 1.165) is 18.1 Å². The fourth-order valence-corrected chi connectivity index (χ4v) is 4.53. The highest BCUT2D eigenvalue weighted by Crippen LogP contribution is 2.45. The van der Waals surface area contributed by atoms with Crippen molar-refractivity contribution >= 4 is 0 Å². The zero-order chi connectivity index (χ0) is 15.8. The molecule has 2 heteroatoms. The number of rotatable bonds is 3. The molecule has 1 fully saturated rings. The van der Waals surface area contributed by atoms with Crippen molar-refractivity contribution in [2.75, 3.05) is 20.2 Å². The molecule has 0 bridgehead atoms. The van der Waals surface area contributed by atoms with Crippen LogP contribution in [0.25, 0.3) is 0 Å². The quantitative estimate of drug-likeness (QED) is 0.832. The molecule has 0 unspecified atom stereocenters. The monoisotopic (exact) mass is 307 g/mol. The third-order valence-corrected chi connectivity index (χ3v) is 5.85. The van der Waals surface area contributed by atoms with Crippen LogP contribution in [0.2, 0.25) is 0 Å². The van der Waals surface area contributed by atoms with Gasteiger partial charge < -0.3 is 4.74 Å². The number of hydrogen-bond acceptors (Lipinski definition) is 2. The third kappa shape index (κ3) is 2.55. The average Bonchev–Trinajstić information content (AvgIpc) is 3.06. The molecule has 23 heavy (non-hydrogen) atoms. The zero-order valence-electron chi connectivity index (χ0n) is 14.0. The van der Waals surface area contributed by atoms with Gasteiger partial charge >= 0.3 is 0 Å². The zero-order valence-corrected chi connectivity index (χ0v) is 14.0. The number of methoxy groups -OCH3 is 1. The van der Waals surface area contributed by atoms with Crippen LogP contribution in [-0.4, -0.2) is 25.1 Å². The number of hydrogen-bond donors (Lipinski definition) is 0. The minimum Gasteiger partial charge on any atom is -0.496 e. The fourth-order valence-electron chi connectivity index (χ4n) is 4.53. The molecule has 1 aliphatic heterocycles. The molecule has 0 spiro atoms. The van der Waals surface area contributed by atoms with E-state index < -0.39 is 0 Å². The SMILES string of the molecule is COc1cccc2c1CC[C@@H]1CN([C@@H](C)c3ccccc3)C[C@H]21. The Morgan fingerprint density at radius 2 is 1.87 bits per heavy atom. The highest BCUT2D eigenvalue weighted by molar-refractivity contribution is 5.45. The summed E-state index contributed by atoms with van der Waals surface area (Å²) in [5.41, 5.74) is 4.41. The molecule has 1 heterocycles. The molecule has 1 saturated heterocycles. The normalized spacial score (nSPS) is 24.8. The van der Waals surface area contributed by atoms with Gasteiger partial charge in [-0.05, 0) is 48.4 Å². The number of likely N-dealkylation sites (tertiary alicyclic amines) is 1. The number of fused-ring (bicyclic) bond motifs is 3. The highest BCUT2D eigenvalue weighted by atomic mass is 16.5. The van der Waals surface area contributed by atoms with Gasteiger partial charge in [0.25, 0.3) is 0 Å². The van der Waals surface area contributed by atoms with Crippen LogP contribution in [0.4, 0.5) is 0 Å². The minimum atomic E-state index is 0.496. The topological polar surface area (TPSA) is 12.5 Å². The van der Waals surface area contributed by atoms with E-state index >= 15 is 0 Å². The maximum Gasteiger partial charge on any atom is 0.122 e. The lowest BCUT2D eigenvalue weighted by Crippen LogP contribution is -2.24. The maximum atomic E-state index is 5.59. The number of nitrogens with zero attached hydrogens (tertiary/aromatic N) is 1. The first-order valence-electron chi connectivity index (χ1n) is 8.72. The van der Waals surface area contributed by atoms with Crippen molar-refractivity contribution < 1.29 is 4.74 Å². The molecule has 3 atom stereocenters. The van der Waals surface area contributed by atoms with Gasteiger partial charge in [-0.25, -0.2) is 0 Å². The summed E-state index contributed by atoms with van der Waals surface area (Å²) in [5.74, 6) is 2.54. The molecule has 2 aromatic carbocycles. The van der Waals surface area contributed by atoms with Gasteiger partial charge in [-0.3, -0.25) is 4.90 Å². The van der Waals surface area contributed by atoms with E-state index in [1.165, 1.54) is 36.2 Å². The first-order chi connectivity index (χ1) is 11.3. The Labute approximate surface area is 139 Å². The molecule has 120 valence electrons. The summed E-state index contributed by atoms with van der Waals surface area (Å²) in [6, 6.07) is 18.0. The summed E-state index contributed by atoms with van der Waals surface area (Å²) in [7, 11) is 1.79. The van der Waals surface area contributed by atoms with Crippen molar-refractivity contribution in [3.05, 3.63) is 65.2 Å². The second kappa shape index (κ2) is 6.01. The average molecular weight is 307 g/mol. The fraction of sp³-hybridized carbons (Fsp3) is 0.429. The van der Waals surface area contributed by atoms with Gasteiger partial charge in [0.2, 0.25) is 0 Å². The number of ether oxygens (including phenoxy) is 1. The predicted octanol–water partition coefficient (Wildman–Crippen LogP) is 4.42. The summed E-state index contributed by atoms with van der Waals surface area (Å²) in [6.45, 7) is 4.73. The van der Waals surface area contributed by atoms with Gasteiger partial charge in [0.1, 0.15) is 5.75 Å². The summed E-state index contributed by atoms with van der Waals surface area (Å²) in [5, 5.41) is 0. The first-order valence-corrected chi connectivity index (χ1v) is 8.72. The van der Waals surface area contributed by atoms with Crippen LogP contribution in [0.5, 0.6) is 5.75 Å². The molecule has 2 nitrogen and oxygen atoms in total. The molecule has 0 radical (unpaired) electrons. The smallest absolute Gasteiger partial charge is 0.122 e. The van der Waals surface area contributed by atoms with E-state index in [-0.39, 0.29) is 0 Å². The van der Waals surface area contributed by atoms with E-state index in [1.807, 2.05) is 0 Å². The molecule has 0 saturated carbocycles. The van der Waals surface area contributed by atoms with Crippen molar-refractivity contribution in [3.63, 3.8) is 0 Å². The summed E-state index contributed by atoms with van der Waals surface area (Å²) in [4.78, 5) is 2.67. The highest BCUT2D eigenvalue weighted by Gasteiger charge is 2.39. The second-order valence-corrected chi connectivity index (χ2v) is 6.97. The lowest BCUT2D eigenvalue weighted by atomic mass is 9.77. The molecule has 2 aliphatic rings. The summed E-state index contributed by atoms with van der Waals surface area (Å²) >= 11 is 0. The molecule has 2 aromatic rings. The predicted molar refractivity (Wildman–Crippen MR) is 94.0 cm³/mol. The Morgan fingerprint density at radius 3 is 2.65 bits per heavy atom. The van der Waals surface area contributed by atoms with Gasteiger partial charge in [0.15, 0.2) is 0 Å². The van der Waals surface area contributed by atoms with Gasteiger partial charge in [-0.2, -0.15) is 0 Å². The Morgan fingerprint density at radius 1 is 1.04 bits per heavy atom. The molecular weight excluding hydrogens is 282 g/mol. The van der Waals surface area contributed by atoms with Crippen molar-refractivity contribution in [1.29, 1.82) is 0 Å². The van der Waals surface area contributed by atoms with Crippen LogP contribution in [0.3, 0.4) is 0 Å². The van der Waals surface area contributed by atoms with Gasteiger partial charge in [-0.1, -0.05) is 42.5 Å². The molecule has 0 N–H and O–H groups in total. The Kier molecular flexibility index (Phi) is 3.86. The molecule has 0 amide bonds. The lowest BCUT2D eigenvalue weighted by molar-refractivity contribution is 0.250. The van der Waals surface area contributed by atoms with Crippen LogP contribution < -0.4 is 4.74 Å². The van der Waals surface area contributed by atoms with Gasteiger partial charge in [0, 0.05) is 25.0 Å². The first kappa shape index (κ1) is 14.8. The molecular formula is C21H25NO. The van der Waals surface area contributed by atoms with E-state index in [4.69, 9.17) is 4.74 Å². The van der Waals surface area contributed by atoms with E-state index in [2.05, 4.69) is 60.4 Å². The Bertz CT molecular complexity index is 681. The summed E-state index contributed by atoms with van der Waals surface area (Å²) in [6.07, 6.45) is 2.45. The van der Waals surface area contributed by atoms with E-state index in [1.54, 1.807) is 7.11 Å². The number of benzene rings is 2. The van der Waals surface area contributed by atoms with Crippen LogP contribution >= 0.6 is 0 Å². The molecule has 1 aliphatic carbocycles. The summed E-state index contributed by atoms with van der Waals surface area (Å²) < 4.78 is 5.59. The molecule has 0 aromatic heterocycles. The minimum absolute atomic E-state index is 0.496. The van der Waals surface area contributed by atoms with E-state index in [0.29, 0.717) is 12.0 Å². The van der Waals surface area contributed by atoms with Crippen molar-refractivity contribution in [3.8, 4) is 5.75 Å². The third-order valence-electron chi connectivity index (χ3n) is 5.85. The van der Waals surface area contributed by atoms with Crippen molar-refractivity contribution in [2.24, 2.45) is 5.92 Å². The standard InChI is InChI=1S/C21H25NO/c1-15(16-7-4-3-5-8-16)22-13-17-11-12-19-18(20(17)14-22)9-6-10-21(19)23-2/h3-10,15,17,20H,11-14H2,1-2H3/t15-,17+,20-/m0/s1.